The molecule has 168 valence electrons. The molecular weight excluding hydrogens is 511 g/mol. The summed E-state index contributed by atoms with van der Waals surface area (Å²) < 4.78 is 7.04. The van der Waals surface area contributed by atoms with Gasteiger partial charge in [-0.25, -0.2) is 0 Å². The van der Waals surface area contributed by atoms with Crippen molar-refractivity contribution < 1.29 is 9.53 Å². The molecule has 0 aliphatic carbocycles. The van der Waals surface area contributed by atoms with Gasteiger partial charge in [0.25, 0.3) is 5.91 Å². The van der Waals surface area contributed by atoms with Crippen molar-refractivity contribution in [2.45, 2.75) is 20.3 Å². The Morgan fingerprint density at radius 2 is 1.47 bits per heavy atom. The topological polar surface area (TPSA) is 41.6 Å². The van der Waals surface area contributed by atoms with Gasteiger partial charge in [-0.1, -0.05) is 50.2 Å². The van der Waals surface area contributed by atoms with Gasteiger partial charge in [0, 0.05) is 22.2 Å². The maximum Gasteiger partial charge on any atom is 0.251 e. The molecule has 0 fully saturated rings. The maximum absolute atomic E-state index is 12.5. The van der Waals surface area contributed by atoms with Gasteiger partial charge in [-0.15, -0.1) is 0 Å². The molecule has 0 saturated heterocycles. The Morgan fingerprint density at radius 1 is 0.875 bits per heavy atom. The summed E-state index contributed by atoms with van der Waals surface area (Å²) in [7, 11) is 0. The predicted molar refractivity (Wildman–Crippen MR) is 140 cm³/mol. The zero-order chi connectivity index (χ0) is 22.8. The van der Waals surface area contributed by atoms with Crippen molar-refractivity contribution in [1.29, 1.82) is 0 Å². The van der Waals surface area contributed by atoms with Gasteiger partial charge in [-0.3, -0.25) is 4.79 Å². The van der Waals surface area contributed by atoms with E-state index in [0.29, 0.717) is 18.7 Å². The summed E-state index contributed by atoms with van der Waals surface area (Å²) in [5.41, 5.74) is 4.11. The van der Waals surface area contributed by atoms with Gasteiger partial charge in [-0.05, 0) is 95.2 Å². The van der Waals surface area contributed by atoms with E-state index in [1.807, 2.05) is 36.4 Å². The molecule has 3 aromatic rings. The lowest BCUT2D eigenvalue weighted by atomic mass is 10.0. The standard InChI is InChI=1S/C27H31IN2O2/c1-3-30(4-2)19-20-32-26-15-5-21(6-16-26)17-18-29-27(31)24-9-7-22(8-10-24)23-11-13-25(28)14-12-23/h5-16H,3-4,17-20H2,1-2H3,(H,29,31). The molecular formula is C27H31IN2O2. The Bertz CT molecular complexity index is 966. The molecule has 5 heteroatoms. The van der Waals surface area contributed by atoms with Crippen molar-refractivity contribution in [1.82, 2.24) is 10.2 Å². The van der Waals surface area contributed by atoms with Crippen LogP contribution in [0.5, 0.6) is 5.75 Å². The van der Waals surface area contributed by atoms with E-state index in [4.69, 9.17) is 4.74 Å². The van der Waals surface area contributed by atoms with Crippen LogP contribution in [-0.4, -0.2) is 43.6 Å². The van der Waals surface area contributed by atoms with Crippen LogP contribution in [0.3, 0.4) is 0 Å². The minimum absolute atomic E-state index is 0.0458. The lowest BCUT2D eigenvalue weighted by Crippen LogP contribution is -2.27. The van der Waals surface area contributed by atoms with E-state index >= 15 is 0 Å². The third-order valence-corrected chi connectivity index (χ3v) is 6.24. The lowest BCUT2D eigenvalue weighted by molar-refractivity contribution is 0.0954. The zero-order valence-corrected chi connectivity index (χ0v) is 21.0. The largest absolute Gasteiger partial charge is 0.492 e. The average Bonchev–Trinajstić information content (AvgIpc) is 2.83. The van der Waals surface area contributed by atoms with Crippen molar-refractivity contribution in [2.75, 3.05) is 32.8 Å². The number of benzene rings is 3. The van der Waals surface area contributed by atoms with Crippen molar-refractivity contribution >= 4 is 28.5 Å². The van der Waals surface area contributed by atoms with Crippen LogP contribution in [0.2, 0.25) is 0 Å². The second-order valence-corrected chi connectivity index (χ2v) is 8.86. The van der Waals surface area contributed by atoms with Crippen LogP contribution in [0.25, 0.3) is 11.1 Å². The third-order valence-electron chi connectivity index (χ3n) is 5.52. The summed E-state index contributed by atoms with van der Waals surface area (Å²) in [6.45, 7) is 8.64. The monoisotopic (exact) mass is 542 g/mol. The third kappa shape index (κ3) is 7.35. The van der Waals surface area contributed by atoms with Crippen LogP contribution in [0.4, 0.5) is 0 Å². The van der Waals surface area contributed by atoms with Gasteiger partial charge >= 0.3 is 0 Å². The van der Waals surface area contributed by atoms with Crippen LogP contribution in [0, 0.1) is 3.57 Å². The quantitative estimate of drug-likeness (QED) is 0.319. The van der Waals surface area contributed by atoms with Crippen molar-refractivity contribution in [3.63, 3.8) is 0 Å². The number of carbonyl (C=O) groups is 1. The number of hydrogen-bond donors (Lipinski definition) is 1. The summed E-state index contributed by atoms with van der Waals surface area (Å²) >= 11 is 2.30. The number of nitrogens with one attached hydrogen (secondary N) is 1. The highest BCUT2D eigenvalue weighted by Crippen LogP contribution is 2.21. The number of ether oxygens (including phenoxy) is 1. The number of likely N-dealkylation sites (N-methyl/N-ethyl adjacent to an activating group) is 1. The van der Waals surface area contributed by atoms with Crippen molar-refractivity contribution in [3.05, 3.63) is 87.5 Å². The van der Waals surface area contributed by atoms with Gasteiger partial charge in [-0.2, -0.15) is 0 Å². The summed E-state index contributed by atoms with van der Waals surface area (Å²) in [6.07, 6.45) is 0.784. The fourth-order valence-electron chi connectivity index (χ4n) is 3.46. The van der Waals surface area contributed by atoms with Gasteiger partial charge in [0.15, 0.2) is 0 Å². The van der Waals surface area contributed by atoms with Crippen molar-refractivity contribution in [2.24, 2.45) is 0 Å². The van der Waals surface area contributed by atoms with Crippen LogP contribution in [0.1, 0.15) is 29.8 Å². The maximum atomic E-state index is 12.5. The first-order chi connectivity index (χ1) is 15.6. The van der Waals surface area contributed by atoms with Crippen LogP contribution in [-0.2, 0) is 6.42 Å². The Balaban J connectivity index is 1.43. The SMILES string of the molecule is CCN(CC)CCOc1ccc(CCNC(=O)c2ccc(-c3ccc(I)cc3)cc2)cc1. The Morgan fingerprint density at radius 3 is 2.06 bits per heavy atom. The van der Waals surface area contributed by atoms with Gasteiger partial charge in [0.1, 0.15) is 12.4 Å². The predicted octanol–water partition coefficient (Wildman–Crippen LogP) is 5.65. The van der Waals surface area contributed by atoms with E-state index in [1.54, 1.807) is 0 Å². The summed E-state index contributed by atoms with van der Waals surface area (Å²) in [6, 6.07) is 24.3. The Hall–Kier alpha value is -2.38. The lowest BCUT2D eigenvalue weighted by Gasteiger charge is -2.18. The molecule has 1 N–H and O–H groups in total. The normalized spacial score (nSPS) is 10.9. The molecule has 0 spiro atoms. The second-order valence-electron chi connectivity index (χ2n) is 7.61. The van der Waals surface area contributed by atoms with Gasteiger partial charge < -0.3 is 15.0 Å². The fourth-order valence-corrected chi connectivity index (χ4v) is 3.82. The average molecular weight is 542 g/mol. The number of nitrogens with zero attached hydrogens (tertiary/aromatic N) is 1. The molecule has 4 nitrogen and oxygen atoms in total. The van der Waals surface area contributed by atoms with Crippen molar-refractivity contribution in [3.8, 4) is 16.9 Å². The first kappa shape index (κ1) is 24.3. The van der Waals surface area contributed by atoms with Crippen LogP contribution >= 0.6 is 22.6 Å². The number of hydrogen-bond acceptors (Lipinski definition) is 3. The zero-order valence-electron chi connectivity index (χ0n) is 18.8. The summed E-state index contributed by atoms with van der Waals surface area (Å²) in [5, 5.41) is 3.01. The summed E-state index contributed by atoms with van der Waals surface area (Å²) in [5.74, 6) is 0.841. The molecule has 3 rings (SSSR count). The first-order valence-corrected chi connectivity index (χ1v) is 12.2. The van der Waals surface area contributed by atoms with Gasteiger partial charge in [0.05, 0.1) is 0 Å². The molecule has 0 aliphatic rings. The number of rotatable bonds is 11. The summed E-state index contributed by atoms with van der Waals surface area (Å²) in [4.78, 5) is 14.8. The van der Waals surface area contributed by atoms with Crippen LogP contribution < -0.4 is 10.1 Å². The smallest absolute Gasteiger partial charge is 0.251 e. The number of amides is 1. The highest BCUT2D eigenvalue weighted by atomic mass is 127. The Labute approximate surface area is 205 Å². The fraction of sp³-hybridized carbons (Fsp3) is 0.296. The minimum atomic E-state index is -0.0458. The number of carbonyl (C=O) groups excluding carboxylic acids is 1. The molecule has 0 saturated carbocycles. The van der Waals surface area contributed by atoms with E-state index < -0.39 is 0 Å². The molecule has 0 radical (unpaired) electrons. The Kier molecular flexibility index (Phi) is 9.56. The highest BCUT2D eigenvalue weighted by Gasteiger charge is 2.06. The minimum Gasteiger partial charge on any atom is -0.492 e. The van der Waals surface area contributed by atoms with E-state index in [-0.39, 0.29) is 5.91 Å². The molecule has 3 aromatic carbocycles. The van der Waals surface area contributed by atoms with Gasteiger partial charge in [0.2, 0.25) is 0 Å². The molecule has 0 heterocycles. The molecule has 32 heavy (non-hydrogen) atoms. The molecule has 0 aromatic heterocycles. The molecule has 1 amide bonds. The molecule has 0 bridgehead atoms. The van der Waals surface area contributed by atoms with Crippen LogP contribution in [0.15, 0.2) is 72.8 Å². The first-order valence-electron chi connectivity index (χ1n) is 11.2. The van der Waals surface area contributed by atoms with E-state index in [1.165, 1.54) is 9.13 Å². The van der Waals surface area contributed by atoms with E-state index in [0.717, 1.165) is 42.9 Å². The molecule has 0 atom stereocenters. The van der Waals surface area contributed by atoms with E-state index in [2.05, 4.69) is 83.1 Å². The second kappa shape index (κ2) is 12.6. The molecule has 0 unspecified atom stereocenters. The molecule has 0 aliphatic heterocycles. The highest BCUT2D eigenvalue weighted by molar-refractivity contribution is 14.1. The number of halogens is 1. The van der Waals surface area contributed by atoms with E-state index in [9.17, 15) is 4.79 Å².